The number of imidazole rings is 1. The highest BCUT2D eigenvalue weighted by atomic mass is 16.5. The minimum absolute atomic E-state index is 0.108. The number of nitrogens with one attached hydrogen (secondary N) is 1. The number of amides is 2. The van der Waals surface area contributed by atoms with Crippen molar-refractivity contribution in [1.29, 1.82) is 0 Å². The van der Waals surface area contributed by atoms with E-state index in [1.807, 2.05) is 54.8 Å². The Morgan fingerprint density at radius 2 is 2.00 bits per heavy atom. The van der Waals surface area contributed by atoms with E-state index in [0.717, 1.165) is 35.1 Å². The van der Waals surface area contributed by atoms with Gasteiger partial charge in [-0.2, -0.15) is 0 Å². The second-order valence-corrected chi connectivity index (χ2v) is 7.57. The molecule has 1 aromatic heterocycles. The van der Waals surface area contributed by atoms with E-state index in [1.54, 1.807) is 11.0 Å². The van der Waals surface area contributed by atoms with Crippen LogP contribution in [0.4, 0.5) is 11.6 Å². The molecule has 1 N–H and O–H groups in total. The fourth-order valence-corrected chi connectivity index (χ4v) is 4.03. The maximum Gasteiger partial charge on any atom is 0.257 e. The topological polar surface area (TPSA) is 76.5 Å². The molecule has 0 bridgehead atoms. The fraction of sp³-hybridized carbons (Fsp3) is 0.375. The summed E-state index contributed by atoms with van der Waals surface area (Å²) in [4.78, 5) is 31.6. The van der Waals surface area contributed by atoms with Crippen LogP contribution in [0, 0.1) is 0 Å². The van der Waals surface area contributed by atoms with Crippen LogP contribution in [0.2, 0.25) is 0 Å². The molecule has 0 saturated carbocycles. The van der Waals surface area contributed by atoms with Crippen molar-refractivity contribution in [3.05, 3.63) is 53.6 Å². The normalized spacial score (nSPS) is 12.9. The van der Waals surface area contributed by atoms with Crippen LogP contribution in [0.15, 0.2) is 42.5 Å². The molecule has 31 heavy (non-hydrogen) atoms. The molecule has 2 aromatic carbocycles. The van der Waals surface area contributed by atoms with Crippen LogP contribution in [-0.4, -0.2) is 41.1 Å². The van der Waals surface area contributed by atoms with Crippen LogP contribution >= 0.6 is 0 Å². The quantitative estimate of drug-likeness (QED) is 0.559. The van der Waals surface area contributed by atoms with E-state index in [1.165, 1.54) is 0 Å². The van der Waals surface area contributed by atoms with Gasteiger partial charge in [0.2, 0.25) is 11.9 Å². The number of rotatable bonds is 8. The van der Waals surface area contributed by atoms with Crippen LogP contribution in [0.5, 0.6) is 0 Å². The summed E-state index contributed by atoms with van der Waals surface area (Å²) in [6.07, 6.45) is 2.07. The average Bonchev–Trinajstić information content (AvgIpc) is 3.37. The van der Waals surface area contributed by atoms with Gasteiger partial charge in [0.25, 0.3) is 5.91 Å². The first kappa shape index (κ1) is 21.1. The van der Waals surface area contributed by atoms with Crippen LogP contribution in [0.1, 0.15) is 42.6 Å². The lowest BCUT2D eigenvalue weighted by Gasteiger charge is -2.16. The van der Waals surface area contributed by atoms with E-state index < -0.39 is 0 Å². The maximum absolute atomic E-state index is 13.0. The molecular formula is C24H28N4O3. The molecule has 1 aliphatic rings. The molecule has 0 fully saturated rings. The summed E-state index contributed by atoms with van der Waals surface area (Å²) in [5, 5.41) is 2.99. The molecule has 4 rings (SSSR count). The Labute approximate surface area is 182 Å². The Balaban J connectivity index is 1.55. The lowest BCUT2D eigenvalue weighted by molar-refractivity contribution is -0.118. The molecule has 3 aromatic rings. The molecule has 0 spiro atoms. The third-order valence-electron chi connectivity index (χ3n) is 5.60. The Kier molecular flexibility index (Phi) is 6.32. The second kappa shape index (κ2) is 9.31. The zero-order valence-corrected chi connectivity index (χ0v) is 18.1. The van der Waals surface area contributed by atoms with Gasteiger partial charge in [-0.15, -0.1) is 0 Å². The summed E-state index contributed by atoms with van der Waals surface area (Å²) < 4.78 is 7.49. The van der Waals surface area contributed by atoms with Gasteiger partial charge in [0.1, 0.15) is 0 Å². The fourth-order valence-electron chi connectivity index (χ4n) is 4.03. The maximum atomic E-state index is 13.0. The van der Waals surface area contributed by atoms with E-state index in [2.05, 4.69) is 10.3 Å². The zero-order chi connectivity index (χ0) is 21.8. The predicted octanol–water partition coefficient (Wildman–Crippen LogP) is 4.01. The number of anilines is 2. The summed E-state index contributed by atoms with van der Waals surface area (Å²) >= 11 is 0. The molecule has 0 aliphatic carbocycles. The molecule has 0 saturated heterocycles. The van der Waals surface area contributed by atoms with Crippen molar-refractivity contribution in [1.82, 2.24) is 9.55 Å². The lowest BCUT2D eigenvalue weighted by Crippen LogP contribution is -2.27. The van der Waals surface area contributed by atoms with Crippen molar-refractivity contribution in [2.75, 3.05) is 30.0 Å². The molecule has 162 valence electrons. The summed E-state index contributed by atoms with van der Waals surface area (Å²) in [5.74, 6) is 0.437. The zero-order valence-electron chi connectivity index (χ0n) is 18.1. The van der Waals surface area contributed by atoms with Gasteiger partial charge in [-0.05, 0) is 55.7 Å². The number of fused-ring (bicyclic) bond motifs is 2. The van der Waals surface area contributed by atoms with Crippen LogP contribution in [0.3, 0.4) is 0 Å². The number of hydrogen-bond acceptors (Lipinski definition) is 4. The molecule has 1 aliphatic heterocycles. The van der Waals surface area contributed by atoms with Crippen molar-refractivity contribution in [3.63, 3.8) is 0 Å². The number of aromatic nitrogens is 2. The van der Waals surface area contributed by atoms with E-state index in [0.29, 0.717) is 44.2 Å². The van der Waals surface area contributed by atoms with Gasteiger partial charge >= 0.3 is 0 Å². The number of benzene rings is 2. The average molecular weight is 421 g/mol. The van der Waals surface area contributed by atoms with Crippen LogP contribution < -0.4 is 10.2 Å². The lowest BCUT2D eigenvalue weighted by atomic mass is 10.1. The third kappa shape index (κ3) is 4.32. The molecular weight excluding hydrogens is 392 g/mol. The SMILES string of the molecule is CCOCCCn1c(NC(=O)c2ccc3c(c2)CCN3C(=O)CC)nc2ccccc21. The first-order valence-electron chi connectivity index (χ1n) is 10.9. The van der Waals surface area contributed by atoms with Gasteiger partial charge in [-0.1, -0.05) is 19.1 Å². The second-order valence-electron chi connectivity index (χ2n) is 7.57. The summed E-state index contributed by atoms with van der Waals surface area (Å²) in [6.45, 7) is 6.56. The third-order valence-corrected chi connectivity index (χ3v) is 5.60. The standard InChI is InChI=1S/C24H28N4O3/c1-3-22(29)27-14-12-17-16-18(10-11-20(17)27)23(30)26-24-25-19-8-5-6-9-21(19)28(24)13-7-15-31-4-2/h5-6,8-11,16H,3-4,7,12-15H2,1-2H3,(H,25,26,30). The van der Waals surface area contributed by atoms with Gasteiger partial charge in [0, 0.05) is 44.0 Å². The molecule has 2 heterocycles. The molecule has 7 heteroatoms. The van der Waals surface area contributed by atoms with Crippen molar-refractivity contribution >= 4 is 34.5 Å². The van der Waals surface area contributed by atoms with Gasteiger partial charge < -0.3 is 14.2 Å². The number of carbonyl (C=O) groups is 2. The Morgan fingerprint density at radius 1 is 1.16 bits per heavy atom. The van der Waals surface area contributed by atoms with E-state index >= 15 is 0 Å². The number of carbonyl (C=O) groups excluding carboxylic acids is 2. The number of hydrogen-bond donors (Lipinski definition) is 1. The Hall–Kier alpha value is -3.19. The van der Waals surface area contributed by atoms with Gasteiger partial charge in [0.05, 0.1) is 11.0 Å². The minimum atomic E-state index is -0.204. The number of aryl methyl sites for hydroxylation is 1. The van der Waals surface area contributed by atoms with Crippen molar-refractivity contribution in [2.45, 2.75) is 39.7 Å². The van der Waals surface area contributed by atoms with Crippen molar-refractivity contribution < 1.29 is 14.3 Å². The molecule has 7 nitrogen and oxygen atoms in total. The van der Waals surface area contributed by atoms with E-state index in [-0.39, 0.29) is 11.8 Å². The summed E-state index contributed by atoms with van der Waals surface area (Å²) in [5.41, 5.74) is 4.33. The highest BCUT2D eigenvalue weighted by Crippen LogP contribution is 2.30. The predicted molar refractivity (Wildman–Crippen MR) is 122 cm³/mol. The molecule has 0 unspecified atom stereocenters. The number of ether oxygens (including phenoxy) is 1. The Bertz CT molecular complexity index is 1110. The smallest absolute Gasteiger partial charge is 0.257 e. The van der Waals surface area contributed by atoms with Crippen LogP contribution in [0.25, 0.3) is 11.0 Å². The highest BCUT2D eigenvalue weighted by molar-refractivity contribution is 6.05. The van der Waals surface area contributed by atoms with Crippen LogP contribution in [-0.2, 0) is 22.5 Å². The summed E-state index contributed by atoms with van der Waals surface area (Å²) in [6, 6.07) is 13.4. The molecule has 0 atom stereocenters. The van der Waals surface area contributed by atoms with E-state index in [4.69, 9.17) is 4.74 Å². The Morgan fingerprint density at radius 3 is 2.81 bits per heavy atom. The monoisotopic (exact) mass is 420 g/mol. The number of para-hydroxylation sites is 2. The van der Waals surface area contributed by atoms with Crippen molar-refractivity contribution in [3.8, 4) is 0 Å². The van der Waals surface area contributed by atoms with Crippen molar-refractivity contribution in [2.24, 2.45) is 0 Å². The van der Waals surface area contributed by atoms with Gasteiger partial charge in [0.15, 0.2) is 0 Å². The summed E-state index contributed by atoms with van der Waals surface area (Å²) in [7, 11) is 0. The highest BCUT2D eigenvalue weighted by Gasteiger charge is 2.24. The minimum Gasteiger partial charge on any atom is -0.382 e. The van der Waals surface area contributed by atoms with Gasteiger partial charge in [-0.25, -0.2) is 4.98 Å². The first-order chi connectivity index (χ1) is 15.1. The first-order valence-corrected chi connectivity index (χ1v) is 10.9. The van der Waals surface area contributed by atoms with Gasteiger partial charge in [-0.3, -0.25) is 14.9 Å². The van der Waals surface area contributed by atoms with E-state index in [9.17, 15) is 9.59 Å². The molecule has 0 radical (unpaired) electrons. The number of nitrogens with zero attached hydrogens (tertiary/aromatic N) is 3. The molecule has 2 amide bonds. The largest absolute Gasteiger partial charge is 0.382 e.